The largest absolute Gasteiger partial charge is 0.493 e. The lowest BCUT2D eigenvalue weighted by Crippen LogP contribution is -2.11. The van der Waals surface area contributed by atoms with Gasteiger partial charge in [0.05, 0.1) is 36.1 Å². The van der Waals surface area contributed by atoms with Crippen molar-refractivity contribution in [3.63, 3.8) is 0 Å². The summed E-state index contributed by atoms with van der Waals surface area (Å²) in [6.07, 6.45) is 5.82. The molecule has 7 nitrogen and oxygen atoms in total. The van der Waals surface area contributed by atoms with Crippen LogP contribution in [-0.4, -0.2) is 38.6 Å². The van der Waals surface area contributed by atoms with Crippen LogP contribution in [0.3, 0.4) is 0 Å². The van der Waals surface area contributed by atoms with Crippen LogP contribution in [-0.2, 0) is 37.8 Å². The van der Waals surface area contributed by atoms with Crippen LogP contribution in [0.2, 0.25) is 5.02 Å². The number of benzene rings is 3. The van der Waals surface area contributed by atoms with Crippen molar-refractivity contribution in [2.24, 2.45) is 7.05 Å². The molecule has 0 bridgehead atoms. The van der Waals surface area contributed by atoms with Gasteiger partial charge in [0.2, 0.25) is 0 Å². The van der Waals surface area contributed by atoms with Gasteiger partial charge in [-0.2, -0.15) is 5.10 Å². The number of aromatic carboxylic acids is 1. The topological polar surface area (TPSA) is 78.5 Å². The summed E-state index contributed by atoms with van der Waals surface area (Å²) in [5.74, 6) is -0.133. The highest BCUT2D eigenvalue weighted by atomic mass is 35.5. The van der Waals surface area contributed by atoms with Gasteiger partial charge in [0.1, 0.15) is 11.4 Å². The number of hydrogen-bond acceptors (Lipinski definition) is 4. The van der Waals surface area contributed by atoms with E-state index in [-0.39, 0.29) is 5.69 Å². The number of halogens is 1. The van der Waals surface area contributed by atoms with Gasteiger partial charge in [-0.25, -0.2) is 4.79 Å². The summed E-state index contributed by atoms with van der Waals surface area (Å²) >= 11 is 6.94. The Morgan fingerprint density at radius 2 is 1.90 bits per heavy atom. The second-order valence-corrected chi connectivity index (χ2v) is 10.6. The van der Waals surface area contributed by atoms with Crippen LogP contribution in [0, 0.1) is 0 Å². The van der Waals surface area contributed by atoms with Gasteiger partial charge in [-0.3, -0.25) is 4.68 Å². The molecule has 0 atom stereocenters. The van der Waals surface area contributed by atoms with Gasteiger partial charge >= 0.3 is 5.97 Å². The van der Waals surface area contributed by atoms with Crippen LogP contribution in [0.5, 0.6) is 5.75 Å². The highest BCUT2D eigenvalue weighted by Crippen LogP contribution is 2.43. The van der Waals surface area contributed by atoms with Crippen LogP contribution in [0.25, 0.3) is 32.8 Å². The minimum Gasteiger partial charge on any atom is -0.493 e. The standard InChI is InChI=1S/C33H32ClN3O4/c1-3-27-30-26(35-36(27)2)20-40-18-7-6-17-37-31-24(15-16-25(34)29(30)31)23(32(37)33(38)39)13-9-19-41-28-14-8-11-21-10-4-5-12-22(21)28/h4-8,10-12,14-16H,3,9,13,17-20H2,1-2H3,(H,38,39)/b7-6-. The number of aromatic nitrogens is 3. The first-order valence-corrected chi connectivity index (χ1v) is 14.3. The third kappa shape index (κ3) is 4.89. The molecule has 5 aromatic rings. The Bertz CT molecular complexity index is 1790. The zero-order chi connectivity index (χ0) is 28.5. The Hall–Kier alpha value is -4.07. The molecule has 0 saturated carbocycles. The zero-order valence-corrected chi connectivity index (χ0v) is 23.9. The monoisotopic (exact) mass is 569 g/mol. The van der Waals surface area contributed by atoms with Gasteiger partial charge in [-0.1, -0.05) is 73.1 Å². The van der Waals surface area contributed by atoms with E-state index in [1.165, 1.54) is 0 Å². The lowest BCUT2D eigenvalue weighted by atomic mass is 9.97. The minimum atomic E-state index is -0.963. The number of allylic oxidation sites excluding steroid dienone is 1. The lowest BCUT2D eigenvalue weighted by molar-refractivity contribution is 0.0685. The third-order valence-corrected chi connectivity index (χ3v) is 8.10. The molecule has 0 radical (unpaired) electrons. The van der Waals surface area contributed by atoms with Crippen LogP contribution < -0.4 is 4.74 Å². The molecule has 0 fully saturated rings. The number of ether oxygens (including phenoxy) is 2. The second kappa shape index (κ2) is 11.4. The molecule has 0 unspecified atom stereocenters. The van der Waals surface area contributed by atoms with Gasteiger partial charge in [0.25, 0.3) is 0 Å². The first-order chi connectivity index (χ1) is 20.0. The van der Waals surface area contributed by atoms with Crippen molar-refractivity contribution < 1.29 is 19.4 Å². The number of aryl methyl sites for hydroxylation is 2. The summed E-state index contributed by atoms with van der Waals surface area (Å²) in [6.45, 7) is 3.68. The fourth-order valence-electron chi connectivity index (χ4n) is 6.05. The third-order valence-electron chi connectivity index (χ3n) is 7.79. The van der Waals surface area contributed by atoms with Gasteiger partial charge in [-0.15, -0.1) is 0 Å². The highest BCUT2D eigenvalue weighted by molar-refractivity contribution is 6.35. The molecule has 1 aliphatic rings. The summed E-state index contributed by atoms with van der Waals surface area (Å²) in [5.41, 5.74) is 5.44. The van der Waals surface area contributed by atoms with E-state index in [1.807, 2.05) is 64.8 Å². The van der Waals surface area contributed by atoms with E-state index >= 15 is 0 Å². The molecule has 8 heteroatoms. The molecular weight excluding hydrogens is 538 g/mol. The van der Waals surface area contributed by atoms with Crippen molar-refractivity contribution in [2.45, 2.75) is 39.3 Å². The minimum absolute atomic E-state index is 0.280. The predicted molar refractivity (Wildman–Crippen MR) is 162 cm³/mol. The van der Waals surface area contributed by atoms with E-state index in [4.69, 9.17) is 26.2 Å². The zero-order valence-electron chi connectivity index (χ0n) is 23.2. The number of rotatable bonds is 7. The van der Waals surface area contributed by atoms with Crippen LogP contribution in [0.1, 0.15) is 40.8 Å². The average Bonchev–Trinajstić information content (AvgIpc) is 3.45. The maximum atomic E-state index is 12.8. The quantitative estimate of drug-likeness (QED) is 0.165. The predicted octanol–water partition coefficient (Wildman–Crippen LogP) is 7.21. The molecule has 0 spiro atoms. The van der Waals surface area contributed by atoms with Crippen molar-refractivity contribution in [1.82, 2.24) is 14.3 Å². The number of carboxylic acids is 1. The van der Waals surface area contributed by atoms with Crippen LogP contribution in [0.4, 0.5) is 0 Å². The maximum absolute atomic E-state index is 12.8. The summed E-state index contributed by atoms with van der Waals surface area (Å²) in [6, 6.07) is 18.0. The van der Waals surface area contributed by atoms with Crippen molar-refractivity contribution >= 4 is 39.2 Å². The molecule has 0 amide bonds. The molecule has 0 saturated heterocycles. The molecule has 3 aromatic carbocycles. The molecular formula is C33H32ClN3O4. The van der Waals surface area contributed by atoms with Gasteiger partial charge in [0.15, 0.2) is 0 Å². The van der Waals surface area contributed by atoms with Crippen molar-refractivity contribution in [3.8, 4) is 16.9 Å². The number of carbonyl (C=O) groups is 1. The average molecular weight is 570 g/mol. The van der Waals surface area contributed by atoms with Gasteiger partial charge in [-0.05, 0) is 42.3 Å². The highest BCUT2D eigenvalue weighted by Gasteiger charge is 2.28. The van der Waals surface area contributed by atoms with E-state index < -0.39 is 5.97 Å². The van der Waals surface area contributed by atoms with Crippen LogP contribution >= 0.6 is 11.6 Å². The second-order valence-electron chi connectivity index (χ2n) is 10.2. The maximum Gasteiger partial charge on any atom is 0.352 e. The number of carboxylic acid groups (broad SMARTS) is 1. The fraction of sp³-hybridized carbons (Fsp3) is 0.273. The Labute approximate surface area is 243 Å². The summed E-state index contributed by atoms with van der Waals surface area (Å²) in [4.78, 5) is 12.8. The first-order valence-electron chi connectivity index (χ1n) is 13.9. The van der Waals surface area contributed by atoms with Gasteiger partial charge < -0.3 is 19.1 Å². The van der Waals surface area contributed by atoms with E-state index in [1.54, 1.807) is 0 Å². The van der Waals surface area contributed by atoms with E-state index in [2.05, 4.69) is 25.1 Å². The van der Waals surface area contributed by atoms with Gasteiger partial charge in [0, 0.05) is 41.2 Å². The molecule has 3 heterocycles. The Morgan fingerprint density at radius 1 is 1.07 bits per heavy atom. The first kappa shape index (κ1) is 27.1. The summed E-state index contributed by atoms with van der Waals surface area (Å²) < 4.78 is 15.9. The molecule has 6 rings (SSSR count). The van der Waals surface area contributed by atoms with Crippen molar-refractivity contribution in [1.29, 1.82) is 0 Å². The Balaban J connectivity index is 1.45. The normalized spacial score (nSPS) is 14.1. The Morgan fingerprint density at radius 3 is 2.73 bits per heavy atom. The molecule has 1 N–H and O–H groups in total. The van der Waals surface area contributed by atoms with E-state index in [0.29, 0.717) is 44.2 Å². The summed E-state index contributed by atoms with van der Waals surface area (Å²) in [5, 5.41) is 18.9. The lowest BCUT2D eigenvalue weighted by Gasteiger charge is -2.13. The SMILES string of the molecule is CCc1c2c(nn1C)COC/C=C\Cn1c(C(=O)O)c(CCCOc3cccc4ccccc34)c3ccc(Cl)c-2c31. The number of nitrogens with zero attached hydrogens (tertiary/aromatic N) is 3. The summed E-state index contributed by atoms with van der Waals surface area (Å²) in [7, 11) is 1.93. The number of fused-ring (bicyclic) bond motifs is 3. The van der Waals surface area contributed by atoms with E-state index in [0.717, 1.165) is 61.9 Å². The van der Waals surface area contributed by atoms with E-state index in [9.17, 15) is 9.90 Å². The fourth-order valence-corrected chi connectivity index (χ4v) is 6.30. The molecule has 210 valence electrons. The molecule has 1 aliphatic heterocycles. The van der Waals surface area contributed by atoms with Crippen LogP contribution in [0.15, 0.2) is 66.7 Å². The number of hydrogen-bond donors (Lipinski definition) is 1. The molecule has 0 aliphatic carbocycles. The Kier molecular flexibility index (Phi) is 7.56. The van der Waals surface area contributed by atoms with Crippen molar-refractivity contribution in [3.05, 3.63) is 94.4 Å². The van der Waals surface area contributed by atoms with Crippen molar-refractivity contribution in [2.75, 3.05) is 13.2 Å². The molecule has 2 aromatic heterocycles. The smallest absolute Gasteiger partial charge is 0.352 e. The molecule has 41 heavy (non-hydrogen) atoms.